The number of aryl methyl sites for hydroxylation is 1. The molecule has 3 aromatic rings. The standard InChI is InChI=1S/C18H20N2O3/c1-5-20-14-9-7-6-8-13(14)19-18(20)12-10-15(21-2)17(23-4)16(11-12)22-3/h6-11H,5H2,1-4H3. The molecule has 0 atom stereocenters. The molecule has 0 radical (unpaired) electrons. The van der Waals surface area contributed by atoms with Crippen molar-refractivity contribution in [3.8, 4) is 28.6 Å². The summed E-state index contributed by atoms with van der Waals surface area (Å²) in [6.07, 6.45) is 0. The van der Waals surface area contributed by atoms with Gasteiger partial charge in [0.1, 0.15) is 5.82 Å². The predicted octanol–water partition coefficient (Wildman–Crippen LogP) is 3.75. The van der Waals surface area contributed by atoms with Crippen molar-refractivity contribution in [2.24, 2.45) is 0 Å². The summed E-state index contributed by atoms with van der Waals surface area (Å²) < 4.78 is 18.5. The van der Waals surface area contributed by atoms with Gasteiger partial charge in [-0.25, -0.2) is 4.98 Å². The Kier molecular flexibility index (Phi) is 4.10. The highest BCUT2D eigenvalue weighted by atomic mass is 16.5. The number of aromatic nitrogens is 2. The van der Waals surface area contributed by atoms with Crippen LogP contribution in [-0.2, 0) is 6.54 Å². The van der Waals surface area contributed by atoms with Gasteiger partial charge in [0.25, 0.3) is 0 Å². The highest BCUT2D eigenvalue weighted by Crippen LogP contribution is 2.41. The molecule has 0 N–H and O–H groups in total. The molecule has 0 bridgehead atoms. The minimum Gasteiger partial charge on any atom is -0.493 e. The summed E-state index contributed by atoms with van der Waals surface area (Å²) in [7, 11) is 4.83. The molecular formula is C18H20N2O3. The molecule has 5 heteroatoms. The Balaban J connectivity index is 2.26. The average molecular weight is 312 g/mol. The molecule has 3 rings (SSSR count). The molecule has 0 unspecified atom stereocenters. The van der Waals surface area contributed by atoms with E-state index in [0.717, 1.165) is 29.0 Å². The van der Waals surface area contributed by atoms with E-state index in [1.807, 2.05) is 30.3 Å². The minimum absolute atomic E-state index is 0.581. The first-order valence-electron chi connectivity index (χ1n) is 7.49. The van der Waals surface area contributed by atoms with Crippen molar-refractivity contribution in [2.75, 3.05) is 21.3 Å². The highest BCUT2D eigenvalue weighted by molar-refractivity contribution is 5.81. The van der Waals surface area contributed by atoms with Crippen molar-refractivity contribution in [2.45, 2.75) is 13.5 Å². The Bertz CT molecular complexity index is 814. The van der Waals surface area contributed by atoms with Crippen molar-refractivity contribution in [3.63, 3.8) is 0 Å². The third kappa shape index (κ3) is 2.48. The maximum atomic E-state index is 5.45. The summed E-state index contributed by atoms with van der Waals surface area (Å²) >= 11 is 0. The van der Waals surface area contributed by atoms with Crippen LogP contribution in [0.5, 0.6) is 17.2 Å². The van der Waals surface area contributed by atoms with E-state index < -0.39 is 0 Å². The number of para-hydroxylation sites is 2. The zero-order valence-corrected chi connectivity index (χ0v) is 13.8. The Morgan fingerprint density at radius 3 is 2.17 bits per heavy atom. The topological polar surface area (TPSA) is 45.5 Å². The summed E-state index contributed by atoms with van der Waals surface area (Å²) in [5.41, 5.74) is 3.01. The quantitative estimate of drug-likeness (QED) is 0.720. The van der Waals surface area contributed by atoms with Crippen LogP contribution in [0, 0.1) is 0 Å². The number of imidazole rings is 1. The molecule has 0 saturated carbocycles. The van der Waals surface area contributed by atoms with Gasteiger partial charge < -0.3 is 18.8 Å². The number of rotatable bonds is 5. The van der Waals surface area contributed by atoms with E-state index in [-0.39, 0.29) is 0 Å². The second-order valence-electron chi connectivity index (χ2n) is 5.08. The number of nitrogens with zero attached hydrogens (tertiary/aromatic N) is 2. The molecule has 0 aliphatic rings. The smallest absolute Gasteiger partial charge is 0.203 e. The highest BCUT2D eigenvalue weighted by Gasteiger charge is 2.18. The molecule has 1 aromatic heterocycles. The van der Waals surface area contributed by atoms with E-state index in [0.29, 0.717) is 17.2 Å². The first-order valence-corrected chi connectivity index (χ1v) is 7.49. The molecular weight excluding hydrogens is 292 g/mol. The first-order chi connectivity index (χ1) is 11.2. The van der Waals surface area contributed by atoms with Gasteiger partial charge in [-0.1, -0.05) is 12.1 Å². The maximum Gasteiger partial charge on any atom is 0.203 e. The summed E-state index contributed by atoms with van der Waals surface area (Å²) in [4.78, 5) is 4.77. The van der Waals surface area contributed by atoms with Crippen LogP contribution < -0.4 is 14.2 Å². The van der Waals surface area contributed by atoms with Gasteiger partial charge in [-0.15, -0.1) is 0 Å². The molecule has 2 aromatic carbocycles. The molecule has 5 nitrogen and oxygen atoms in total. The number of fused-ring (bicyclic) bond motifs is 1. The lowest BCUT2D eigenvalue weighted by Gasteiger charge is -2.14. The number of methoxy groups -OCH3 is 3. The van der Waals surface area contributed by atoms with Crippen LogP contribution >= 0.6 is 0 Å². The summed E-state index contributed by atoms with van der Waals surface area (Å²) in [6, 6.07) is 12.0. The van der Waals surface area contributed by atoms with Crippen LogP contribution in [0.4, 0.5) is 0 Å². The van der Waals surface area contributed by atoms with E-state index in [1.165, 1.54) is 0 Å². The number of hydrogen-bond donors (Lipinski definition) is 0. The van der Waals surface area contributed by atoms with Crippen molar-refractivity contribution in [1.82, 2.24) is 9.55 Å². The third-order valence-electron chi connectivity index (χ3n) is 3.89. The molecule has 23 heavy (non-hydrogen) atoms. The van der Waals surface area contributed by atoms with Crippen LogP contribution in [-0.4, -0.2) is 30.9 Å². The van der Waals surface area contributed by atoms with Crippen LogP contribution in [0.2, 0.25) is 0 Å². The molecule has 0 aliphatic heterocycles. The van der Waals surface area contributed by atoms with Crippen LogP contribution in [0.3, 0.4) is 0 Å². The Morgan fingerprint density at radius 2 is 1.61 bits per heavy atom. The van der Waals surface area contributed by atoms with Crippen molar-refractivity contribution >= 4 is 11.0 Å². The second kappa shape index (κ2) is 6.20. The van der Waals surface area contributed by atoms with Crippen molar-refractivity contribution < 1.29 is 14.2 Å². The largest absolute Gasteiger partial charge is 0.493 e. The van der Waals surface area contributed by atoms with Crippen LogP contribution in [0.25, 0.3) is 22.4 Å². The number of ether oxygens (including phenoxy) is 3. The molecule has 0 aliphatic carbocycles. The molecule has 120 valence electrons. The fraction of sp³-hybridized carbons (Fsp3) is 0.278. The van der Waals surface area contributed by atoms with Crippen LogP contribution in [0.1, 0.15) is 6.92 Å². The maximum absolute atomic E-state index is 5.45. The summed E-state index contributed by atoms with van der Waals surface area (Å²) in [5.74, 6) is 2.71. The molecule has 0 saturated heterocycles. The van der Waals surface area contributed by atoms with Gasteiger partial charge in [0, 0.05) is 12.1 Å². The zero-order valence-electron chi connectivity index (χ0n) is 13.8. The minimum atomic E-state index is 0.581. The van der Waals surface area contributed by atoms with E-state index in [2.05, 4.69) is 17.6 Å². The Labute approximate surface area is 135 Å². The fourth-order valence-corrected chi connectivity index (χ4v) is 2.83. The normalized spacial score (nSPS) is 10.8. The van der Waals surface area contributed by atoms with Gasteiger partial charge in [-0.05, 0) is 31.2 Å². The first kappa shape index (κ1) is 15.2. The van der Waals surface area contributed by atoms with Gasteiger partial charge in [0.15, 0.2) is 11.5 Å². The van der Waals surface area contributed by atoms with Crippen LogP contribution in [0.15, 0.2) is 36.4 Å². The van der Waals surface area contributed by atoms with Gasteiger partial charge in [-0.3, -0.25) is 0 Å². The van der Waals surface area contributed by atoms with Gasteiger partial charge in [-0.2, -0.15) is 0 Å². The lowest BCUT2D eigenvalue weighted by atomic mass is 10.1. The molecule has 0 fully saturated rings. The van der Waals surface area contributed by atoms with E-state index in [1.54, 1.807) is 21.3 Å². The Hall–Kier alpha value is -2.69. The van der Waals surface area contributed by atoms with Gasteiger partial charge in [0.05, 0.1) is 32.4 Å². The zero-order chi connectivity index (χ0) is 16.4. The predicted molar refractivity (Wildman–Crippen MR) is 90.5 cm³/mol. The Morgan fingerprint density at radius 1 is 0.957 bits per heavy atom. The van der Waals surface area contributed by atoms with Gasteiger partial charge in [0.2, 0.25) is 5.75 Å². The second-order valence-corrected chi connectivity index (χ2v) is 5.08. The lowest BCUT2D eigenvalue weighted by Crippen LogP contribution is -2.00. The molecule has 1 heterocycles. The summed E-state index contributed by atoms with van der Waals surface area (Å²) in [5, 5.41) is 0. The molecule has 0 amide bonds. The van der Waals surface area contributed by atoms with E-state index >= 15 is 0 Å². The van der Waals surface area contributed by atoms with Gasteiger partial charge >= 0.3 is 0 Å². The van der Waals surface area contributed by atoms with E-state index in [4.69, 9.17) is 19.2 Å². The van der Waals surface area contributed by atoms with Crippen molar-refractivity contribution in [3.05, 3.63) is 36.4 Å². The lowest BCUT2D eigenvalue weighted by molar-refractivity contribution is 0.324. The SMILES string of the molecule is CCn1c(-c2cc(OC)c(OC)c(OC)c2)nc2ccccc21. The average Bonchev–Trinajstić information content (AvgIpc) is 2.98. The fourth-order valence-electron chi connectivity index (χ4n) is 2.83. The van der Waals surface area contributed by atoms with E-state index in [9.17, 15) is 0 Å². The summed E-state index contributed by atoms with van der Waals surface area (Å²) in [6.45, 7) is 2.93. The number of benzene rings is 2. The third-order valence-corrected chi connectivity index (χ3v) is 3.89. The number of hydrogen-bond acceptors (Lipinski definition) is 4. The monoisotopic (exact) mass is 312 g/mol. The van der Waals surface area contributed by atoms with Crippen molar-refractivity contribution in [1.29, 1.82) is 0 Å². The molecule has 0 spiro atoms.